The van der Waals surface area contributed by atoms with E-state index < -0.39 is 0 Å². The van der Waals surface area contributed by atoms with Gasteiger partial charge in [0.25, 0.3) is 0 Å². The summed E-state index contributed by atoms with van der Waals surface area (Å²) in [5, 5.41) is 6.31. The van der Waals surface area contributed by atoms with Crippen LogP contribution in [0.15, 0.2) is 36.7 Å². The number of halogens is 1. The van der Waals surface area contributed by atoms with Crippen molar-refractivity contribution in [1.29, 1.82) is 0 Å². The summed E-state index contributed by atoms with van der Waals surface area (Å²) in [6.07, 6.45) is 6.68. The largest absolute Gasteiger partial charge is 0.378 e. The molecule has 1 unspecified atom stereocenters. The van der Waals surface area contributed by atoms with Gasteiger partial charge in [-0.1, -0.05) is 11.6 Å². The molecule has 4 aromatic rings. The fourth-order valence-corrected chi connectivity index (χ4v) is 4.42. The summed E-state index contributed by atoms with van der Waals surface area (Å²) >= 11 is 6.33. The van der Waals surface area contributed by atoms with E-state index in [2.05, 4.69) is 21.6 Å². The van der Waals surface area contributed by atoms with E-state index in [-0.39, 0.29) is 6.10 Å². The molecular formula is C21H22ClN5O. The molecule has 1 aliphatic rings. The first kappa shape index (κ1) is 17.6. The van der Waals surface area contributed by atoms with Gasteiger partial charge in [0.2, 0.25) is 0 Å². The standard InChI is InChI=1S/C21H22ClN5O/c1-13-9-16(6-8-28-13)27-20(11-15-5-7-26(2)25-15)24-19-12-23-18-4-3-14(22)10-17(18)21(19)27/h3-5,7,10,12-13,16H,6,8-9,11H2,1-2H3/t13-,16?/m1/s1. The Hall–Kier alpha value is -2.44. The Morgan fingerprint density at radius 2 is 2.14 bits per heavy atom. The number of aryl methyl sites for hydroxylation is 1. The minimum atomic E-state index is 0.232. The van der Waals surface area contributed by atoms with E-state index >= 15 is 0 Å². The molecule has 1 fully saturated rings. The van der Waals surface area contributed by atoms with E-state index in [1.165, 1.54) is 0 Å². The molecule has 0 radical (unpaired) electrons. The van der Waals surface area contributed by atoms with Crippen LogP contribution < -0.4 is 0 Å². The lowest BCUT2D eigenvalue weighted by Gasteiger charge is -2.30. The fraction of sp³-hybridized carbons (Fsp3) is 0.381. The highest BCUT2D eigenvalue weighted by Gasteiger charge is 2.26. The molecule has 0 spiro atoms. The van der Waals surface area contributed by atoms with Crippen molar-refractivity contribution in [2.24, 2.45) is 7.05 Å². The molecule has 1 aliphatic heterocycles. The zero-order valence-electron chi connectivity index (χ0n) is 16.0. The van der Waals surface area contributed by atoms with E-state index in [0.29, 0.717) is 17.5 Å². The minimum absolute atomic E-state index is 0.232. The van der Waals surface area contributed by atoms with E-state index in [4.69, 9.17) is 21.3 Å². The van der Waals surface area contributed by atoms with Crippen LogP contribution in [0, 0.1) is 0 Å². The maximum atomic E-state index is 6.33. The van der Waals surface area contributed by atoms with E-state index in [0.717, 1.165) is 52.9 Å². The van der Waals surface area contributed by atoms with Gasteiger partial charge in [-0.2, -0.15) is 5.10 Å². The van der Waals surface area contributed by atoms with Gasteiger partial charge in [0.05, 0.1) is 35.4 Å². The summed E-state index contributed by atoms with van der Waals surface area (Å²) in [6.45, 7) is 2.90. The van der Waals surface area contributed by atoms with Gasteiger partial charge in [0.15, 0.2) is 0 Å². The molecule has 2 atom stereocenters. The van der Waals surface area contributed by atoms with Crippen molar-refractivity contribution < 1.29 is 4.74 Å². The first-order valence-electron chi connectivity index (χ1n) is 9.63. The zero-order valence-corrected chi connectivity index (χ0v) is 16.7. The topological polar surface area (TPSA) is 57.8 Å². The highest BCUT2D eigenvalue weighted by Crippen LogP contribution is 2.34. The molecule has 0 amide bonds. The van der Waals surface area contributed by atoms with E-state index in [1.54, 1.807) is 0 Å². The molecule has 0 saturated carbocycles. The number of benzene rings is 1. The van der Waals surface area contributed by atoms with Crippen LogP contribution in [0.4, 0.5) is 0 Å². The van der Waals surface area contributed by atoms with Crippen LogP contribution in [0.3, 0.4) is 0 Å². The molecule has 0 N–H and O–H groups in total. The third-order valence-corrected chi connectivity index (χ3v) is 5.72. The summed E-state index contributed by atoms with van der Waals surface area (Å²) in [5.41, 5.74) is 3.95. The highest BCUT2D eigenvalue weighted by atomic mass is 35.5. The van der Waals surface area contributed by atoms with Crippen molar-refractivity contribution >= 4 is 33.5 Å². The Kier molecular flexibility index (Phi) is 4.33. The molecule has 0 aliphatic carbocycles. The molecule has 1 aromatic carbocycles. The van der Waals surface area contributed by atoms with Crippen molar-refractivity contribution in [2.75, 3.05) is 6.61 Å². The van der Waals surface area contributed by atoms with Crippen molar-refractivity contribution in [2.45, 2.75) is 38.3 Å². The van der Waals surface area contributed by atoms with Crippen molar-refractivity contribution in [3.63, 3.8) is 0 Å². The molecule has 0 bridgehead atoms. The summed E-state index contributed by atoms with van der Waals surface area (Å²) in [6, 6.07) is 8.23. The summed E-state index contributed by atoms with van der Waals surface area (Å²) < 4.78 is 10.0. The third-order valence-electron chi connectivity index (χ3n) is 5.48. The Bertz CT molecular complexity index is 1160. The second-order valence-corrected chi connectivity index (χ2v) is 8.01. The number of imidazole rings is 1. The normalized spacial score (nSPS) is 20.2. The zero-order chi connectivity index (χ0) is 19.3. The summed E-state index contributed by atoms with van der Waals surface area (Å²) in [5.74, 6) is 1.02. The number of fused-ring (bicyclic) bond motifs is 3. The lowest BCUT2D eigenvalue weighted by atomic mass is 10.0. The van der Waals surface area contributed by atoms with Gasteiger partial charge in [-0.3, -0.25) is 9.67 Å². The summed E-state index contributed by atoms with van der Waals surface area (Å²) in [4.78, 5) is 9.56. The first-order valence-corrected chi connectivity index (χ1v) is 10.0. The second kappa shape index (κ2) is 6.87. The van der Waals surface area contributed by atoms with Crippen LogP contribution in [-0.4, -0.2) is 37.0 Å². The first-order chi connectivity index (χ1) is 13.6. The number of hydrogen-bond donors (Lipinski definition) is 0. The van der Waals surface area contributed by atoms with Crippen LogP contribution in [0.1, 0.15) is 37.3 Å². The van der Waals surface area contributed by atoms with Crippen LogP contribution in [-0.2, 0) is 18.2 Å². The van der Waals surface area contributed by atoms with Gasteiger partial charge in [0.1, 0.15) is 11.3 Å². The quantitative estimate of drug-likeness (QED) is 0.519. The Balaban J connectivity index is 1.74. The smallest absolute Gasteiger partial charge is 0.116 e. The Labute approximate surface area is 168 Å². The average molecular weight is 396 g/mol. The molecule has 4 heterocycles. The van der Waals surface area contributed by atoms with E-state index in [1.807, 2.05) is 48.4 Å². The van der Waals surface area contributed by atoms with E-state index in [9.17, 15) is 0 Å². The maximum Gasteiger partial charge on any atom is 0.116 e. The van der Waals surface area contributed by atoms with Crippen LogP contribution in [0.2, 0.25) is 5.02 Å². The number of hydrogen-bond acceptors (Lipinski definition) is 4. The fourth-order valence-electron chi connectivity index (χ4n) is 4.24. The Morgan fingerprint density at radius 1 is 1.25 bits per heavy atom. The lowest BCUT2D eigenvalue weighted by Crippen LogP contribution is -2.26. The lowest BCUT2D eigenvalue weighted by molar-refractivity contribution is 0.00631. The number of ether oxygens (including phenoxy) is 1. The van der Waals surface area contributed by atoms with Crippen LogP contribution in [0.5, 0.6) is 0 Å². The minimum Gasteiger partial charge on any atom is -0.378 e. The van der Waals surface area contributed by atoms with Gasteiger partial charge in [-0.05, 0) is 44.0 Å². The molecule has 144 valence electrons. The van der Waals surface area contributed by atoms with Crippen molar-refractivity contribution in [3.05, 3.63) is 53.2 Å². The van der Waals surface area contributed by atoms with Crippen LogP contribution in [0.25, 0.3) is 21.9 Å². The Morgan fingerprint density at radius 3 is 2.93 bits per heavy atom. The number of pyridine rings is 1. The van der Waals surface area contributed by atoms with Gasteiger partial charge in [0, 0.05) is 36.3 Å². The van der Waals surface area contributed by atoms with Gasteiger partial charge >= 0.3 is 0 Å². The van der Waals surface area contributed by atoms with Crippen molar-refractivity contribution in [3.8, 4) is 0 Å². The third kappa shape index (κ3) is 3.06. The van der Waals surface area contributed by atoms with Crippen LogP contribution >= 0.6 is 11.6 Å². The predicted octanol–water partition coefficient (Wildman–Crippen LogP) is 4.30. The monoisotopic (exact) mass is 395 g/mol. The molecule has 3 aromatic heterocycles. The number of aromatic nitrogens is 5. The molecule has 5 rings (SSSR count). The maximum absolute atomic E-state index is 6.33. The molecule has 28 heavy (non-hydrogen) atoms. The molecule has 1 saturated heterocycles. The highest BCUT2D eigenvalue weighted by molar-refractivity contribution is 6.31. The van der Waals surface area contributed by atoms with Gasteiger partial charge in [-0.15, -0.1) is 0 Å². The number of nitrogens with zero attached hydrogens (tertiary/aromatic N) is 5. The predicted molar refractivity (Wildman–Crippen MR) is 110 cm³/mol. The van der Waals surface area contributed by atoms with Crippen molar-refractivity contribution in [1.82, 2.24) is 24.3 Å². The average Bonchev–Trinajstić information content (AvgIpc) is 3.25. The molecule has 6 nitrogen and oxygen atoms in total. The number of rotatable bonds is 3. The molecule has 7 heteroatoms. The van der Waals surface area contributed by atoms with Gasteiger partial charge in [-0.25, -0.2) is 4.98 Å². The SMILES string of the molecule is C[C@@H]1CC(n2c(Cc3ccn(C)n3)nc3cnc4ccc(Cl)cc4c32)CCO1. The molecular weight excluding hydrogens is 374 g/mol. The van der Waals surface area contributed by atoms with Gasteiger partial charge < -0.3 is 9.30 Å². The second-order valence-electron chi connectivity index (χ2n) is 7.57. The summed E-state index contributed by atoms with van der Waals surface area (Å²) in [7, 11) is 1.94.